The maximum atomic E-state index is 12.7. The maximum Gasteiger partial charge on any atom is 0.417 e. The van der Waals surface area contributed by atoms with Crippen LogP contribution in [0.5, 0.6) is 0 Å². The molecular weight excluding hydrogens is 367 g/mol. The lowest BCUT2D eigenvalue weighted by atomic mass is 10.1. The van der Waals surface area contributed by atoms with Gasteiger partial charge in [0.15, 0.2) is 0 Å². The number of benzene rings is 1. The molecule has 1 aliphatic heterocycles. The van der Waals surface area contributed by atoms with Crippen molar-refractivity contribution in [1.82, 2.24) is 10.0 Å². The van der Waals surface area contributed by atoms with Crippen LogP contribution in [-0.2, 0) is 16.2 Å². The fourth-order valence-electron chi connectivity index (χ4n) is 2.47. The van der Waals surface area contributed by atoms with Crippen LogP contribution in [0, 0.1) is 17.2 Å². The highest BCUT2D eigenvalue weighted by Crippen LogP contribution is 2.32. The van der Waals surface area contributed by atoms with Gasteiger partial charge in [0.05, 0.1) is 22.1 Å². The summed E-state index contributed by atoms with van der Waals surface area (Å²) in [4.78, 5) is -0.341. The molecule has 134 valence electrons. The Morgan fingerprint density at radius 3 is 2.62 bits per heavy atom. The van der Waals surface area contributed by atoms with Crippen molar-refractivity contribution in [2.24, 2.45) is 5.92 Å². The molecule has 0 saturated carbocycles. The second-order valence-corrected chi connectivity index (χ2v) is 7.13. The van der Waals surface area contributed by atoms with Gasteiger partial charge < -0.3 is 5.32 Å². The molecule has 1 aliphatic rings. The van der Waals surface area contributed by atoms with Gasteiger partial charge in [-0.05, 0) is 50.0 Å². The van der Waals surface area contributed by atoms with Crippen LogP contribution in [0.2, 0.25) is 0 Å². The second-order valence-electron chi connectivity index (χ2n) is 5.36. The molecule has 1 fully saturated rings. The number of rotatable bonds is 5. The van der Waals surface area contributed by atoms with Crippen LogP contribution < -0.4 is 10.0 Å². The van der Waals surface area contributed by atoms with Crippen molar-refractivity contribution < 1.29 is 21.6 Å². The fraction of sp³-hybridized carbons (Fsp3) is 0.500. The number of halogens is 4. The minimum atomic E-state index is -4.70. The molecule has 5 nitrogen and oxygen atoms in total. The molecule has 1 saturated heterocycles. The molecular formula is C14H17ClF3N3O2S. The van der Waals surface area contributed by atoms with Crippen molar-refractivity contribution in [3.63, 3.8) is 0 Å². The van der Waals surface area contributed by atoms with Crippen LogP contribution in [0.25, 0.3) is 0 Å². The summed E-state index contributed by atoms with van der Waals surface area (Å²) in [7, 11) is -3.94. The SMILES string of the molecule is Cl.N#Cc1cc(S(=O)(=O)NCCC2CCNC2)ccc1C(F)(F)F. The number of nitrogens with one attached hydrogen (secondary N) is 2. The Morgan fingerprint density at radius 1 is 1.38 bits per heavy atom. The first-order valence-electron chi connectivity index (χ1n) is 7.06. The van der Waals surface area contributed by atoms with Crippen LogP contribution in [0.4, 0.5) is 13.2 Å². The molecule has 2 rings (SSSR count). The fourth-order valence-corrected chi connectivity index (χ4v) is 3.55. The highest BCUT2D eigenvalue weighted by Gasteiger charge is 2.34. The molecule has 0 aromatic heterocycles. The van der Waals surface area contributed by atoms with Crippen molar-refractivity contribution in [3.8, 4) is 6.07 Å². The minimum absolute atomic E-state index is 0. The lowest BCUT2D eigenvalue weighted by Gasteiger charge is -2.12. The van der Waals surface area contributed by atoms with Crippen LogP contribution in [0.15, 0.2) is 23.1 Å². The summed E-state index contributed by atoms with van der Waals surface area (Å²) in [5, 5.41) is 12.0. The van der Waals surface area contributed by atoms with Gasteiger partial charge in [0.1, 0.15) is 0 Å². The lowest BCUT2D eigenvalue weighted by Crippen LogP contribution is -2.27. The largest absolute Gasteiger partial charge is 0.417 e. The molecule has 2 N–H and O–H groups in total. The molecule has 0 bridgehead atoms. The quantitative estimate of drug-likeness (QED) is 0.817. The van der Waals surface area contributed by atoms with E-state index in [1.807, 2.05) is 0 Å². The van der Waals surface area contributed by atoms with E-state index in [0.717, 1.165) is 31.6 Å². The zero-order valence-corrected chi connectivity index (χ0v) is 14.2. The number of hydrogen-bond donors (Lipinski definition) is 2. The molecule has 1 aromatic carbocycles. The summed E-state index contributed by atoms with van der Waals surface area (Å²) >= 11 is 0. The normalized spacial score (nSPS) is 18.0. The number of alkyl halides is 3. The molecule has 0 aliphatic carbocycles. The number of nitrogens with zero attached hydrogens (tertiary/aromatic N) is 1. The monoisotopic (exact) mass is 383 g/mol. The maximum absolute atomic E-state index is 12.7. The Hall–Kier alpha value is -1.34. The summed E-state index contributed by atoms with van der Waals surface area (Å²) in [6, 6.07) is 3.63. The van der Waals surface area contributed by atoms with Crippen molar-refractivity contribution in [1.29, 1.82) is 5.26 Å². The summed E-state index contributed by atoms with van der Waals surface area (Å²) in [5.41, 5.74) is -1.85. The first kappa shape index (κ1) is 20.7. The van der Waals surface area contributed by atoms with Gasteiger partial charge >= 0.3 is 6.18 Å². The van der Waals surface area contributed by atoms with Crippen molar-refractivity contribution in [2.45, 2.75) is 23.9 Å². The Kier molecular flexibility index (Phi) is 7.04. The van der Waals surface area contributed by atoms with Gasteiger partial charge in [-0.2, -0.15) is 18.4 Å². The van der Waals surface area contributed by atoms with Gasteiger partial charge in [-0.3, -0.25) is 0 Å². The van der Waals surface area contributed by atoms with Crippen molar-refractivity contribution >= 4 is 22.4 Å². The molecule has 1 unspecified atom stereocenters. The van der Waals surface area contributed by atoms with Gasteiger partial charge in [0.25, 0.3) is 0 Å². The molecule has 1 atom stereocenters. The average Bonchev–Trinajstić information content (AvgIpc) is 2.98. The Labute approximate surface area is 144 Å². The summed E-state index contributed by atoms with van der Waals surface area (Å²) in [6.45, 7) is 1.94. The van der Waals surface area contributed by atoms with E-state index in [1.54, 1.807) is 0 Å². The predicted octanol–water partition coefficient (Wildman–Crippen LogP) is 2.28. The van der Waals surface area contributed by atoms with Gasteiger partial charge in [-0.25, -0.2) is 13.1 Å². The first-order chi connectivity index (χ1) is 10.7. The van der Waals surface area contributed by atoms with E-state index in [0.29, 0.717) is 18.4 Å². The lowest BCUT2D eigenvalue weighted by molar-refractivity contribution is -0.137. The van der Waals surface area contributed by atoms with E-state index < -0.39 is 27.3 Å². The van der Waals surface area contributed by atoms with Crippen molar-refractivity contribution in [3.05, 3.63) is 29.3 Å². The molecule has 10 heteroatoms. The smallest absolute Gasteiger partial charge is 0.316 e. The van der Waals surface area contributed by atoms with Gasteiger partial charge in [0, 0.05) is 6.54 Å². The van der Waals surface area contributed by atoms with Gasteiger partial charge in [0.2, 0.25) is 10.0 Å². The third kappa shape index (κ3) is 5.08. The molecule has 1 aromatic rings. The average molecular weight is 384 g/mol. The highest BCUT2D eigenvalue weighted by molar-refractivity contribution is 7.89. The molecule has 0 radical (unpaired) electrons. The van der Waals surface area contributed by atoms with Crippen molar-refractivity contribution in [2.75, 3.05) is 19.6 Å². The summed E-state index contributed by atoms with van der Waals surface area (Å²) in [5.74, 6) is 0.389. The molecule has 0 spiro atoms. The van der Waals surface area contributed by atoms with Gasteiger partial charge in [-0.1, -0.05) is 0 Å². The second kappa shape index (κ2) is 8.16. The van der Waals surface area contributed by atoms with E-state index in [9.17, 15) is 21.6 Å². The van der Waals surface area contributed by atoms with E-state index in [-0.39, 0.29) is 23.8 Å². The predicted molar refractivity (Wildman–Crippen MR) is 84.2 cm³/mol. The van der Waals surface area contributed by atoms with Crippen LogP contribution >= 0.6 is 12.4 Å². The van der Waals surface area contributed by atoms with Crippen LogP contribution in [-0.4, -0.2) is 28.1 Å². The topological polar surface area (TPSA) is 82.0 Å². The molecule has 0 amide bonds. The highest BCUT2D eigenvalue weighted by atomic mass is 35.5. The first-order valence-corrected chi connectivity index (χ1v) is 8.54. The van der Waals surface area contributed by atoms with Gasteiger partial charge in [-0.15, -0.1) is 12.4 Å². The minimum Gasteiger partial charge on any atom is -0.316 e. The van der Waals surface area contributed by atoms with E-state index in [1.165, 1.54) is 6.07 Å². The molecule has 1 heterocycles. The van der Waals surface area contributed by atoms with E-state index in [2.05, 4.69) is 10.0 Å². The Morgan fingerprint density at radius 2 is 2.08 bits per heavy atom. The summed E-state index contributed by atoms with van der Waals surface area (Å²) < 4.78 is 64.8. The standard InChI is InChI=1S/C14H16F3N3O2S.ClH/c15-14(16,17)13-2-1-12(7-11(13)8-18)23(21,22)20-6-4-10-3-5-19-9-10;/h1-2,7,10,19-20H,3-6,9H2;1H. The number of sulfonamides is 1. The Bertz CT molecular complexity index is 711. The third-order valence-electron chi connectivity index (χ3n) is 3.73. The molecule has 24 heavy (non-hydrogen) atoms. The van der Waals surface area contributed by atoms with Crippen LogP contribution in [0.1, 0.15) is 24.0 Å². The Balaban J connectivity index is 0.00000288. The zero-order chi connectivity index (χ0) is 17.1. The van der Waals surface area contributed by atoms with Crippen LogP contribution in [0.3, 0.4) is 0 Å². The zero-order valence-electron chi connectivity index (χ0n) is 12.6. The number of hydrogen-bond acceptors (Lipinski definition) is 4. The third-order valence-corrected chi connectivity index (χ3v) is 5.19. The van der Waals surface area contributed by atoms with E-state index >= 15 is 0 Å². The number of nitriles is 1. The van der Waals surface area contributed by atoms with E-state index in [4.69, 9.17) is 5.26 Å². The summed E-state index contributed by atoms with van der Waals surface area (Å²) in [6.07, 6.45) is -3.07.